The third kappa shape index (κ3) is 4.50. The van der Waals surface area contributed by atoms with Gasteiger partial charge in [-0.3, -0.25) is 18.9 Å². The zero-order valence-electron chi connectivity index (χ0n) is 11.3. The van der Waals surface area contributed by atoms with Gasteiger partial charge in [0.15, 0.2) is 0 Å². The molecule has 3 N–H and O–H groups in total. The van der Waals surface area contributed by atoms with Crippen molar-refractivity contribution in [3.63, 3.8) is 0 Å². The molecule has 0 unspecified atom stereocenters. The summed E-state index contributed by atoms with van der Waals surface area (Å²) in [5, 5.41) is 0. The average molecular weight is 316 g/mol. The van der Waals surface area contributed by atoms with E-state index in [0.29, 0.717) is 19.4 Å². The molecular formula is C12H17N2O6P. The minimum atomic E-state index is -4.21. The lowest BCUT2D eigenvalue weighted by molar-refractivity contribution is 0.0549. The summed E-state index contributed by atoms with van der Waals surface area (Å²) < 4.78 is 17.3. The number of H-pyrrole nitrogens is 1. The maximum absolute atomic E-state index is 11.7. The van der Waals surface area contributed by atoms with Crippen LogP contribution >= 0.6 is 7.60 Å². The van der Waals surface area contributed by atoms with E-state index in [-0.39, 0.29) is 6.61 Å². The smallest absolute Gasteiger partial charge is 0.350 e. The Morgan fingerprint density at radius 1 is 1.33 bits per heavy atom. The molecule has 21 heavy (non-hydrogen) atoms. The molecule has 1 aliphatic carbocycles. The van der Waals surface area contributed by atoms with Gasteiger partial charge in [0.05, 0.1) is 6.61 Å². The van der Waals surface area contributed by atoms with E-state index in [9.17, 15) is 14.2 Å². The van der Waals surface area contributed by atoms with Crippen LogP contribution in [0.1, 0.15) is 12.8 Å². The fourth-order valence-electron chi connectivity index (χ4n) is 2.35. The molecule has 0 saturated heterocycles. The summed E-state index contributed by atoms with van der Waals surface area (Å²) in [4.78, 5) is 42.6. The van der Waals surface area contributed by atoms with Crippen molar-refractivity contribution in [2.24, 2.45) is 5.41 Å². The lowest BCUT2D eigenvalue weighted by Gasteiger charge is -2.29. The molecule has 0 bridgehead atoms. The van der Waals surface area contributed by atoms with Crippen LogP contribution in [-0.4, -0.2) is 32.3 Å². The van der Waals surface area contributed by atoms with Crippen molar-refractivity contribution in [1.82, 2.24) is 9.55 Å². The van der Waals surface area contributed by atoms with Crippen LogP contribution in [-0.2, 0) is 15.8 Å². The predicted molar refractivity (Wildman–Crippen MR) is 75.0 cm³/mol. The van der Waals surface area contributed by atoms with Crippen molar-refractivity contribution in [2.75, 3.05) is 13.0 Å². The third-order valence-electron chi connectivity index (χ3n) is 3.34. The van der Waals surface area contributed by atoms with Gasteiger partial charge >= 0.3 is 13.3 Å². The monoisotopic (exact) mass is 316 g/mol. The maximum Gasteiger partial charge on any atom is 0.350 e. The molecule has 116 valence electrons. The largest absolute Gasteiger partial charge is 0.368 e. The summed E-state index contributed by atoms with van der Waals surface area (Å²) in [6.07, 6.45) is 5.92. The predicted octanol–water partition coefficient (Wildman–Crippen LogP) is 0.0248. The normalized spacial score (nSPS) is 17.2. The van der Waals surface area contributed by atoms with Crippen LogP contribution in [0.25, 0.3) is 0 Å². The van der Waals surface area contributed by atoms with Gasteiger partial charge in [-0.2, -0.15) is 0 Å². The van der Waals surface area contributed by atoms with Gasteiger partial charge in [0, 0.05) is 24.2 Å². The first-order valence-corrected chi connectivity index (χ1v) is 8.17. The van der Waals surface area contributed by atoms with E-state index in [0.717, 1.165) is 0 Å². The van der Waals surface area contributed by atoms with E-state index in [1.54, 1.807) is 0 Å². The highest BCUT2D eigenvalue weighted by atomic mass is 31.2. The second kappa shape index (κ2) is 6.11. The molecule has 1 aliphatic rings. The molecule has 0 atom stereocenters. The van der Waals surface area contributed by atoms with Gasteiger partial charge in [0.2, 0.25) is 0 Å². The highest BCUT2D eigenvalue weighted by Crippen LogP contribution is 2.38. The van der Waals surface area contributed by atoms with Crippen molar-refractivity contribution in [1.29, 1.82) is 0 Å². The van der Waals surface area contributed by atoms with Gasteiger partial charge in [-0.15, -0.1) is 0 Å². The van der Waals surface area contributed by atoms with Crippen molar-refractivity contribution >= 4 is 7.60 Å². The molecule has 1 aromatic rings. The minimum absolute atomic E-state index is 0.122. The van der Waals surface area contributed by atoms with Crippen LogP contribution in [0.2, 0.25) is 0 Å². The number of allylic oxidation sites excluding steroid dienone is 2. The van der Waals surface area contributed by atoms with E-state index in [1.807, 2.05) is 12.2 Å². The fourth-order valence-corrected chi connectivity index (χ4v) is 2.68. The number of nitrogens with zero attached hydrogens (tertiary/aromatic N) is 1. The minimum Gasteiger partial charge on any atom is -0.368 e. The second-order valence-corrected chi connectivity index (χ2v) is 6.85. The van der Waals surface area contributed by atoms with Crippen molar-refractivity contribution in [3.05, 3.63) is 45.3 Å². The molecule has 9 heteroatoms. The van der Waals surface area contributed by atoms with Crippen molar-refractivity contribution in [3.8, 4) is 0 Å². The Morgan fingerprint density at radius 2 is 2.00 bits per heavy atom. The quantitative estimate of drug-likeness (QED) is 0.502. The number of ether oxygens (including phenoxy) is 1. The highest BCUT2D eigenvalue weighted by Gasteiger charge is 2.33. The number of aromatic amines is 1. The van der Waals surface area contributed by atoms with Crippen LogP contribution in [0.3, 0.4) is 0 Å². The van der Waals surface area contributed by atoms with E-state index in [4.69, 9.17) is 14.5 Å². The van der Waals surface area contributed by atoms with E-state index in [2.05, 4.69) is 4.98 Å². The van der Waals surface area contributed by atoms with Crippen LogP contribution in [0, 0.1) is 5.41 Å². The van der Waals surface area contributed by atoms with Gasteiger partial charge in [-0.05, 0) is 12.8 Å². The first kappa shape index (κ1) is 15.9. The Bertz CT molecular complexity index is 677. The molecule has 1 heterocycles. The van der Waals surface area contributed by atoms with Crippen molar-refractivity contribution in [2.45, 2.75) is 19.4 Å². The molecule has 1 aromatic heterocycles. The fraction of sp³-hybridized carbons (Fsp3) is 0.500. The number of rotatable bonds is 6. The number of hydrogen-bond acceptors (Lipinski definition) is 4. The van der Waals surface area contributed by atoms with Gasteiger partial charge in [0.1, 0.15) is 6.35 Å². The Balaban J connectivity index is 2.09. The van der Waals surface area contributed by atoms with Gasteiger partial charge < -0.3 is 14.5 Å². The van der Waals surface area contributed by atoms with E-state index < -0.39 is 30.6 Å². The highest BCUT2D eigenvalue weighted by molar-refractivity contribution is 7.51. The standard InChI is InChI=1S/C12H17N2O6P/c15-10-3-6-14(11(16)13-10)7-12(4-1-2-5-12)8-20-9-21(17,18)19/h1-3,6H,4-5,7-9H2,(H,13,15,16)(H2,17,18,19). The van der Waals surface area contributed by atoms with E-state index >= 15 is 0 Å². The number of aromatic nitrogens is 2. The molecule has 0 radical (unpaired) electrons. The molecule has 0 aliphatic heterocycles. The van der Waals surface area contributed by atoms with E-state index in [1.165, 1.54) is 16.8 Å². The van der Waals surface area contributed by atoms with Crippen LogP contribution < -0.4 is 11.2 Å². The molecule has 0 fully saturated rings. The molecule has 8 nitrogen and oxygen atoms in total. The zero-order chi connectivity index (χ0) is 15.5. The van der Waals surface area contributed by atoms with Crippen LogP contribution in [0.4, 0.5) is 0 Å². The van der Waals surface area contributed by atoms with Gasteiger partial charge in [0.25, 0.3) is 5.56 Å². The third-order valence-corrected chi connectivity index (χ3v) is 3.86. The molecule has 0 saturated carbocycles. The number of nitrogens with one attached hydrogen (secondary N) is 1. The first-order valence-electron chi connectivity index (χ1n) is 6.37. The summed E-state index contributed by atoms with van der Waals surface area (Å²) >= 11 is 0. The number of hydrogen-bond donors (Lipinski definition) is 3. The Kier molecular flexibility index (Phi) is 4.63. The summed E-state index contributed by atoms with van der Waals surface area (Å²) in [5.74, 6) is 0. The Hall–Kier alpha value is -1.47. The van der Waals surface area contributed by atoms with Gasteiger partial charge in [-0.1, -0.05) is 12.2 Å². The Morgan fingerprint density at radius 3 is 2.57 bits per heavy atom. The summed E-state index contributed by atoms with van der Waals surface area (Å²) in [5.41, 5.74) is -1.41. The van der Waals surface area contributed by atoms with Gasteiger partial charge in [-0.25, -0.2) is 4.79 Å². The van der Waals surface area contributed by atoms with Crippen LogP contribution in [0.15, 0.2) is 34.0 Å². The Labute approximate surface area is 120 Å². The SMILES string of the molecule is O=c1ccn(CC2(COCP(=O)(O)O)CC=CC2)c(=O)[nH]1. The average Bonchev–Trinajstić information content (AvgIpc) is 2.80. The van der Waals surface area contributed by atoms with Crippen molar-refractivity contribution < 1.29 is 19.1 Å². The molecule has 0 aromatic carbocycles. The lowest BCUT2D eigenvalue weighted by Crippen LogP contribution is -2.37. The summed E-state index contributed by atoms with van der Waals surface area (Å²) in [6, 6.07) is 1.26. The molecule has 0 spiro atoms. The second-order valence-electron chi connectivity index (χ2n) is 5.26. The lowest BCUT2D eigenvalue weighted by atomic mass is 9.86. The zero-order valence-corrected chi connectivity index (χ0v) is 12.2. The molecular weight excluding hydrogens is 299 g/mol. The summed E-state index contributed by atoms with van der Waals surface area (Å²) in [7, 11) is -4.21. The molecule has 2 rings (SSSR count). The molecule has 0 amide bonds. The summed E-state index contributed by atoms with van der Waals surface area (Å²) in [6.45, 7) is 0.424. The van der Waals surface area contributed by atoms with Crippen LogP contribution in [0.5, 0.6) is 0 Å². The topological polar surface area (TPSA) is 122 Å². The first-order chi connectivity index (χ1) is 9.80. The maximum atomic E-state index is 11.7.